The molecule has 0 bridgehead atoms. The molecule has 3 atom stereocenters. The molecule has 0 radical (unpaired) electrons. The predicted molar refractivity (Wildman–Crippen MR) is 148 cm³/mol. The van der Waals surface area contributed by atoms with Crippen LogP contribution in [0.4, 0.5) is 0 Å². The molecular formula is C31H37NO10. The first kappa shape index (κ1) is 32.1. The Morgan fingerprint density at radius 2 is 1.29 bits per heavy atom. The van der Waals surface area contributed by atoms with Gasteiger partial charge in [0, 0.05) is 25.9 Å². The molecule has 1 amide bonds. The number of carbonyl (C=O) groups is 5. The number of hydrogen-bond donors (Lipinski definition) is 0. The monoisotopic (exact) mass is 583 g/mol. The number of esters is 4. The van der Waals surface area contributed by atoms with Crippen LogP contribution in [0.1, 0.15) is 52.0 Å². The molecule has 0 spiro atoms. The van der Waals surface area contributed by atoms with Crippen molar-refractivity contribution in [3.05, 3.63) is 60.2 Å². The minimum absolute atomic E-state index is 0.0535. The second kappa shape index (κ2) is 16.1. The molecule has 2 aromatic carbocycles. The van der Waals surface area contributed by atoms with Crippen molar-refractivity contribution < 1.29 is 47.7 Å². The van der Waals surface area contributed by atoms with Crippen molar-refractivity contribution in [1.82, 2.24) is 4.90 Å². The summed E-state index contributed by atoms with van der Waals surface area (Å²) < 4.78 is 25.6. The van der Waals surface area contributed by atoms with Crippen LogP contribution in [0.3, 0.4) is 0 Å². The van der Waals surface area contributed by atoms with Gasteiger partial charge in [-0.25, -0.2) is 0 Å². The van der Waals surface area contributed by atoms with Gasteiger partial charge in [0.1, 0.15) is 11.5 Å². The average molecular weight is 584 g/mol. The lowest BCUT2D eigenvalue weighted by molar-refractivity contribution is -0.191. The van der Waals surface area contributed by atoms with E-state index in [0.29, 0.717) is 24.5 Å². The van der Waals surface area contributed by atoms with Crippen LogP contribution < -0.4 is 4.74 Å². The van der Waals surface area contributed by atoms with Gasteiger partial charge in [-0.15, -0.1) is 0 Å². The molecule has 0 saturated heterocycles. The van der Waals surface area contributed by atoms with Crippen molar-refractivity contribution >= 4 is 29.8 Å². The molecule has 0 aromatic heterocycles. The van der Waals surface area contributed by atoms with Gasteiger partial charge in [-0.1, -0.05) is 51.1 Å². The third kappa shape index (κ3) is 9.05. The fraction of sp³-hybridized carbons (Fsp3) is 0.452. The van der Waals surface area contributed by atoms with Crippen LogP contribution in [-0.4, -0.2) is 54.8 Å². The van der Waals surface area contributed by atoms with Crippen molar-refractivity contribution in [2.45, 2.75) is 53.0 Å². The molecule has 3 unspecified atom stereocenters. The number of nitrogens with zero attached hydrogens (tertiary/aromatic N) is 1. The zero-order chi connectivity index (χ0) is 30.5. The average Bonchev–Trinajstić information content (AvgIpc) is 2.97. The number of benzene rings is 2. The van der Waals surface area contributed by atoms with Crippen LogP contribution in [-0.2, 0) is 49.5 Å². The van der Waals surface area contributed by atoms with Gasteiger partial charge in [0.15, 0.2) is 0 Å². The zero-order valence-electron chi connectivity index (χ0n) is 24.1. The van der Waals surface area contributed by atoms with E-state index in [9.17, 15) is 24.0 Å². The Kier molecular flexibility index (Phi) is 12.3. The minimum atomic E-state index is -1.15. The molecule has 42 heavy (non-hydrogen) atoms. The molecule has 1 fully saturated rings. The van der Waals surface area contributed by atoms with Crippen molar-refractivity contribution in [2.75, 3.05) is 20.1 Å². The molecule has 11 nitrogen and oxygen atoms in total. The Hall–Kier alpha value is -4.41. The first-order valence-corrected chi connectivity index (χ1v) is 14.0. The normalized spacial score (nSPS) is 17.3. The summed E-state index contributed by atoms with van der Waals surface area (Å²) in [4.78, 5) is 63.8. The summed E-state index contributed by atoms with van der Waals surface area (Å²) >= 11 is 0. The Balaban J connectivity index is 1.68. The van der Waals surface area contributed by atoms with Crippen LogP contribution >= 0.6 is 0 Å². The van der Waals surface area contributed by atoms with E-state index in [0.717, 1.165) is 5.56 Å². The fourth-order valence-electron chi connectivity index (χ4n) is 4.47. The third-order valence-electron chi connectivity index (χ3n) is 6.77. The molecule has 2 aromatic rings. The first-order chi connectivity index (χ1) is 20.3. The number of amides is 1. The molecule has 1 aliphatic carbocycles. The number of ether oxygens (including phenoxy) is 5. The maximum absolute atomic E-state index is 13.7. The number of carbonyl (C=O) groups excluding carboxylic acids is 5. The highest BCUT2D eigenvalue weighted by atomic mass is 16.7. The van der Waals surface area contributed by atoms with E-state index in [1.54, 1.807) is 18.7 Å². The van der Waals surface area contributed by atoms with Crippen LogP contribution in [0.15, 0.2) is 54.6 Å². The van der Waals surface area contributed by atoms with Gasteiger partial charge in [-0.3, -0.25) is 24.0 Å². The second-order valence-electron chi connectivity index (χ2n) is 9.70. The van der Waals surface area contributed by atoms with E-state index in [1.807, 2.05) is 61.5 Å². The third-order valence-corrected chi connectivity index (χ3v) is 6.77. The molecule has 226 valence electrons. The van der Waals surface area contributed by atoms with Crippen LogP contribution in [0, 0.1) is 17.8 Å². The summed E-state index contributed by atoms with van der Waals surface area (Å²) in [5.74, 6) is -4.68. The molecule has 1 aliphatic rings. The van der Waals surface area contributed by atoms with Crippen LogP contribution in [0.25, 0.3) is 0 Å². The molecule has 3 rings (SSSR count). The standard InChI is InChI=1S/C31H37NO10/c1-4-16-32(18-21-12-14-23(15-13-21)42-22-10-8-7-9-11-22)29(35)24-17-25(30(36)40-19-38-26(33)5-2)28(24)31(37)41-20-39-27(34)6-3/h7-15,24-25,28H,4-6,16-20H2,1-3H3. The zero-order valence-corrected chi connectivity index (χ0v) is 24.1. The van der Waals surface area contributed by atoms with Gasteiger partial charge in [0.05, 0.1) is 17.8 Å². The lowest BCUT2D eigenvalue weighted by atomic mass is 9.64. The second-order valence-corrected chi connectivity index (χ2v) is 9.70. The summed E-state index contributed by atoms with van der Waals surface area (Å²) in [5.41, 5.74) is 0.857. The van der Waals surface area contributed by atoms with E-state index in [2.05, 4.69) is 0 Å². The highest BCUT2D eigenvalue weighted by Crippen LogP contribution is 2.43. The summed E-state index contributed by atoms with van der Waals surface area (Å²) in [5, 5.41) is 0. The SMILES string of the molecule is CCCN(Cc1ccc(Oc2ccccc2)cc1)C(=O)C1CC(C(=O)OCOC(=O)CC)C1C(=O)OCOC(=O)CC. The van der Waals surface area contributed by atoms with E-state index in [4.69, 9.17) is 23.7 Å². The van der Waals surface area contributed by atoms with Gasteiger partial charge in [0.25, 0.3) is 0 Å². The Morgan fingerprint density at radius 1 is 0.714 bits per heavy atom. The first-order valence-electron chi connectivity index (χ1n) is 14.0. The van der Waals surface area contributed by atoms with E-state index >= 15 is 0 Å². The van der Waals surface area contributed by atoms with E-state index < -0.39 is 55.2 Å². The topological polar surface area (TPSA) is 135 Å². The smallest absolute Gasteiger partial charge is 0.313 e. The van der Waals surface area contributed by atoms with Gasteiger partial charge in [-0.2, -0.15) is 0 Å². The van der Waals surface area contributed by atoms with E-state index in [1.165, 1.54) is 0 Å². The summed E-state index contributed by atoms with van der Waals surface area (Å²) in [6.07, 6.45) is 0.930. The van der Waals surface area contributed by atoms with Crippen molar-refractivity contribution in [1.29, 1.82) is 0 Å². The molecule has 1 saturated carbocycles. The van der Waals surface area contributed by atoms with Gasteiger partial charge in [-0.05, 0) is 42.7 Å². The van der Waals surface area contributed by atoms with Crippen LogP contribution in [0.2, 0.25) is 0 Å². The largest absolute Gasteiger partial charge is 0.457 e. The summed E-state index contributed by atoms with van der Waals surface area (Å²) in [7, 11) is 0. The van der Waals surface area contributed by atoms with Crippen LogP contribution in [0.5, 0.6) is 11.5 Å². The lowest BCUT2D eigenvalue weighted by Crippen LogP contribution is -2.54. The summed E-state index contributed by atoms with van der Waals surface area (Å²) in [6, 6.07) is 16.7. The van der Waals surface area contributed by atoms with Crippen molar-refractivity contribution in [3.63, 3.8) is 0 Å². The maximum atomic E-state index is 13.7. The molecular weight excluding hydrogens is 546 g/mol. The highest BCUT2D eigenvalue weighted by Gasteiger charge is 2.55. The number of rotatable bonds is 15. The van der Waals surface area contributed by atoms with Crippen molar-refractivity contribution in [3.8, 4) is 11.5 Å². The minimum Gasteiger partial charge on any atom is -0.457 e. The van der Waals surface area contributed by atoms with Gasteiger partial charge >= 0.3 is 23.9 Å². The van der Waals surface area contributed by atoms with Crippen molar-refractivity contribution in [2.24, 2.45) is 17.8 Å². The number of hydrogen-bond acceptors (Lipinski definition) is 10. The Bertz CT molecular complexity index is 1210. The Labute approximate surface area is 245 Å². The fourth-order valence-corrected chi connectivity index (χ4v) is 4.47. The highest BCUT2D eigenvalue weighted by molar-refractivity contribution is 5.92. The molecule has 11 heteroatoms. The quantitative estimate of drug-likeness (QED) is 0.220. The molecule has 0 N–H and O–H groups in total. The molecule has 0 heterocycles. The maximum Gasteiger partial charge on any atom is 0.313 e. The Morgan fingerprint density at radius 3 is 1.86 bits per heavy atom. The molecule has 0 aliphatic heterocycles. The van der Waals surface area contributed by atoms with E-state index in [-0.39, 0.29) is 31.7 Å². The summed E-state index contributed by atoms with van der Waals surface area (Å²) in [6.45, 7) is 4.61. The predicted octanol–water partition coefficient (Wildman–Crippen LogP) is 4.38. The van der Waals surface area contributed by atoms with Gasteiger partial charge in [0.2, 0.25) is 19.5 Å². The number of para-hydroxylation sites is 1. The lowest BCUT2D eigenvalue weighted by Gasteiger charge is -2.42. The van der Waals surface area contributed by atoms with Gasteiger partial charge < -0.3 is 28.6 Å².